The van der Waals surface area contributed by atoms with E-state index in [0.717, 1.165) is 18.5 Å². The Bertz CT molecular complexity index is 147. The van der Waals surface area contributed by atoms with Crippen molar-refractivity contribution in [2.75, 3.05) is 13.1 Å². The molecule has 1 fully saturated rings. The smallest absolute Gasteiger partial charge is 0.00697 e. The molecule has 0 saturated heterocycles. The third kappa shape index (κ3) is 4.43. The van der Waals surface area contributed by atoms with E-state index in [1.807, 2.05) is 0 Å². The summed E-state index contributed by atoms with van der Waals surface area (Å²) in [6.45, 7) is 9.06. The summed E-state index contributed by atoms with van der Waals surface area (Å²) in [5, 5.41) is 7.10. The van der Waals surface area contributed by atoms with Gasteiger partial charge in [0.2, 0.25) is 0 Å². The molecule has 0 radical (unpaired) electrons. The van der Waals surface area contributed by atoms with E-state index in [4.69, 9.17) is 0 Å². The fourth-order valence-electron chi connectivity index (χ4n) is 2.35. The van der Waals surface area contributed by atoms with E-state index < -0.39 is 0 Å². The Labute approximate surface area is 88.8 Å². The van der Waals surface area contributed by atoms with Gasteiger partial charge in [0.25, 0.3) is 0 Å². The Morgan fingerprint density at radius 3 is 2.71 bits per heavy atom. The average Bonchev–Trinajstić information content (AvgIpc) is 2.52. The minimum absolute atomic E-state index is 0.659. The van der Waals surface area contributed by atoms with Crippen LogP contribution in [-0.4, -0.2) is 25.2 Å². The topological polar surface area (TPSA) is 24.1 Å². The predicted octanol–water partition coefficient (Wildman–Crippen LogP) is 2.15. The van der Waals surface area contributed by atoms with Gasteiger partial charge in [-0.1, -0.05) is 13.8 Å². The summed E-state index contributed by atoms with van der Waals surface area (Å²) in [4.78, 5) is 0. The van der Waals surface area contributed by atoms with Crippen LogP contribution in [0.2, 0.25) is 0 Å². The molecule has 3 atom stereocenters. The van der Waals surface area contributed by atoms with Gasteiger partial charge in [-0.05, 0) is 51.6 Å². The number of nitrogens with one attached hydrogen (secondary N) is 2. The standard InChI is InChI=1S/C12H26N2/c1-4-13-11(3)7-8-14-12-6-5-10(2)9-12/h10-14H,4-9H2,1-3H3. The van der Waals surface area contributed by atoms with Crippen LogP contribution in [0.15, 0.2) is 0 Å². The maximum atomic E-state index is 3.66. The molecule has 0 aliphatic heterocycles. The van der Waals surface area contributed by atoms with Crippen molar-refractivity contribution in [3.63, 3.8) is 0 Å². The van der Waals surface area contributed by atoms with Crippen LogP contribution < -0.4 is 10.6 Å². The Balaban J connectivity index is 1.98. The second kappa shape index (κ2) is 6.41. The molecule has 1 rings (SSSR count). The molecule has 0 amide bonds. The summed E-state index contributed by atoms with van der Waals surface area (Å²) in [5.74, 6) is 0.943. The van der Waals surface area contributed by atoms with Crippen LogP contribution in [0, 0.1) is 5.92 Å². The molecule has 0 aromatic heterocycles. The van der Waals surface area contributed by atoms with E-state index >= 15 is 0 Å². The fraction of sp³-hybridized carbons (Fsp3) is 1.00. The minimum Gasteiger partial charge on any atom is -0.314 e. The average molecular weight is 198 g/mol. The maximum Gasteiger partial charge on any atom is 0.00697 e. The van der Waals surface area contributed by atoms with Gasteiger partial charge in [-0.15, -0.1) is 0 Å². The summed E-state index contributed by atoms with van der Waals surface area (Å²) in [6.07, 6.45) is 5.44. The Hall–Kier alpha value is -0.0800. The van der Waals surface area contributed by atoms with E-state index in [1.165, 1.54) is 32.2 Å². The van der Waals surface area contributed by atoms with E-state index in [2.05, 4.69) is 31.4 Å². The van der Waals surface area contributed by atoms with Crippen molar-refractivity contribution in [3.8, 4) is 0 Å². The maximum absolute atomic E-state index is 3.66. The summed E-state index contributed by atoms with van der Waals surface area (Å²) >= 11 is 0. The molecular formula is C12H26N2. The van der Waals surface area contributed by atoms with Gasteiger partial charge < -0.3 is 10.6 Å². The van der Waals surface area contributed by atoms with Crippen molar-refractivity contribution in [3.05, 3.63) is 0 Å². The van der Waals surface area contributed by atoms with Crippen LogP contribution in [0.25, 0.3) is 0 Å². The highest BCUT2D eigenvalue weighted by Gasteiger charge is 2.20. The van der Waals surface area contributed by atoms with Crippen molar-refractivity contribution in [2.24, 2.45) is 5.92 Å². The van der Waals surface area contributed by atoms with E-state index in [-0.39, 0.29) is 0 Å². The zero-order valence-electron chi connectivity index (χ0n) is 9.97. The monoisotopic (exact) mass is 198 g/mol. The molecule has 84 valence electrons. The first-order valence-corrected chi connectivity index (χ1v) is 6.19. The Morgan fingerprint density at radius 1 is 1.36 bits per heavy atom. The predicted molar refractivity (Wildman–Crippen MR) is 62.6 cm³/mol. The normalized spacial score (nSPS) is 29.4. The van der Waals surface area contributed by atoms with Crippen LogP contribution in [0.4, 0.5) is 0 Å². The van der Waals surface area contributed by atoms with Gasteiger partial charge in [0.1, 0.15) is 0 Å². The summed E-state index contributed by atoms with van der Waals surface area (Å²) in [6, 6.07) is 1.46. The van der Waals surface area contributed by atoms with Gasteiger partial charge >= 0.3 is 0 Å². The van der Waals surface area contributed by atoms with Crippen molar-refractivity contribution in [1.29, 1.82) is 0 Å². The molecule has 1 saturated carbocycles. The highest BCUT2D eigenvalue weighted by atomic mass is 14.9. The molecule has 0 aromatic rings. The molecule has 2 N–H and O–H groups in total. The Kier molecular flexibility index (Phi) is 5.49. The molecule has 0 aromatic carbocycles. The third-order valence-corrected chi connectivity index (χ3v) is 3.26. The molecule has 2 nitrogen and oxygen atoms in total. The van der Waals surface area contributed by atoms with Gasteiger partial charge in [-0.25, -0.2) is 0 Å². The van der Waals surface area contributed by atoms with Gasteiger partial charge in [0, 0.05) is 12.1 Å². The second-order valence-corrected chi connectivity index (χ2v) is 4.82. The van der Waals surface area contributed by atoms with Gasteiger partial charge in [-0.3, -0.25) is 0 Å². The number of rotatable bonds is 6. The van der Waals surface area contributed by atoms with Crippen molar-refractivity contribution >= 4 is 0 Å². The van der Waals surface area contributed by atoms with E-state index in [9.17, 15) is 0 Å². The quantitative estimate of drug-likeness (QED) is 0.683. The third-order valence-electron chi connectivity index (χ3n) is 3.26. The summed E-state index contributed by atoms with van der Waals surface area (Å²) < 4.78 is 0. The van der Waals surface area contributed by atoms with Crippen LogP contribution in [0.3, 0.4) is 0 Å². The van der Waals surface area contributed by atoms with Crippen molar-refractivity contribution in [2.45, 2.75) is 58.5 Å². The Morgan fingerprint density at radius 2 is 2.14 bits per heavy atom. The van der Waals surface area contributed by atoms with Gasteiger partial charge in [-0.2, -0.15) is 0 Å². The zero-order valence-corrected chi connectivity index (χ0v) is 9.97. The molecule has 1 aliphatic carbocycles. The largest absolute Gasteiger partial charge is 0.314 e. The lowest BCUT2D eigenvalue weighted by atomic mass is 10.1. The first-order chi connectivity index (χ1) is 6.72. The first kappa shape index (κ1) is 12.0. The number of hydrogen-bond donors (Lipinski definition) is 2. The molecule has 0 bridgehead atoms. The molecule has 2 heteroatoms. The highest BCUT2D eigenvalue weighted by Crippen LogP contribution is 2.24. The lowest BCUT2D eigenvalue weighted by Gasteiger charge is -2.16. The van der Waals surface area contributed by atoms with E-state index in [1.54, 1.807) is 0 Å². The highest BCUT2D eigenvalue weighted by molar-refractivity contribution is 4.78. The summed E-state index contributed by atoms with van der Waals surface area (Å²) in [7, 11) is 0. The van der Waals surface area contributed by atoms with Crippen LogP contribution in [0.5, 0.6) is 0 Å². The minimum atomic E-state index is 0.659. The second-order valence-electron chi connectivity index (χ2n) is 4.82. The van der Waals surface area contributed by atoms with Crippen LogP contribution >= 0.6 is 0 Å². The molecule has 0 heterocycles. The molecule has 14 heavy (non-hydrogen) atoms. The molecule has 3 unspecified atom stereocenters. The molecule has 1 aliphatic rings. The fourth-order valence-corrected chi connectivity index (χ4v) is 2.35. The van der Waals surface area contributed by atoms with Crippen LogP contribution in [-0.2, 0) is 0 Å². The van der Waals surface area contributed by atoms with Gasteiger partial charge in [0.05, 0.1) is 0 Å². The van der Waals surface area contributed by atoms with E-state index in [0.29, 0.717) is 6.04 Å². The summed E-state index contributed by atoms with van der Waals surface area (Å²) in [5.41, 5.74) is 0. The zero-order chi connectivity index (χ0) is 10.4. The lowest BCUT2D eigenvalue weighted by Crippen LogP contribution is -2.33. The van der Waals surface area contributed by atoms with Crippen molar-refractivity contribution in [1.82, 2.24) is 10.6 Å². The molecule has 0 spiro atoms. The van der Waals surface area contributed by atoms with Crippen molar-refractivity contribution < 1.29 is 0 Å². The van der Waals surface area contributed by atoms with Crippen LogP contribution in [0.1, 0.15) is 46.5 Å². The molecular weight excluding hydrogens is 172 g/mol. The first-order valence-electron chi connectivity index (χ1n) is 6.19. The van der Waals surface area contributed by atoms with Gasteiger partial charge in [0.15, 0.2) is 0 Å². The SMILES string of the molecule is CCNC(C)CCNC1CCC(C)C1. The lowest BCUT2D eigenvalue weighted by molar-refractivity contribution is 0.454. The number of hydrogen-bond acceptors (Lipinski definition) is 2.